The number of ketones is 1. The van der Waals surface area contributed by atoms with Crippen LogP contribution in [0.1, 0.15) is 91.9 Å². The van der Waals surface area contributed by atoms with Gasteiger partial charge in [0, 0.05) is 16.4 Å². The molecule has 2 aromatic rings. The summed E-state index contributed by atoms with van der Waals surface area (Å²) in [5.41, 5.74) is 5.23. The molecule has 0 unspecified atom stereocenters. The fraction of sp³-hybridized carbons (Fsp3) is 0.409. The Morgan fingerprint density at radius 3 is 1.76 bits per heavy atom. The summed E-state index contributed by atoms with van der Waals surface area (Å²) in [7, 11) is -0.0240. The van der Waals surface area contributed by atoms with Gasteiger partial charge in [0.1, 0.15) is 0 Å². The molecule has 0 aliphatic heterocycles. The van der Waals surface area contributed by atoms with Gasteiger partial charge in [-0.25, -0.2) is 0 Å². The summed E-state index contributed by atoms with van der Waals surface area (Å²) in [5.74, 6) is 1.10. The predicted molar refractivity (Wildman–Crippen MR) is 106 cm³/mol. The minimum atomic E-state index is -0.0240. The van der Waals surface area contributed by atoms with Gasteiger partial charge in [0.25, 0.3) is 0 Å². The van der Waals surface area contributed by atoms with Crippen LogP contribution in [0.4, 0.5) is 0 Å². The SMILES string of the molecule is CC(C)c1ccc(C(=O)c2ccc(P=O)cc2)c(C(C)C)c1C(C)C. The van der Waals surface area contributed by atoms with E-state index in [0.717, 1.165) is 11.1 Å². The molecule has 0 amide bonds. The van der Waals surface area contributed by atoms with E-state index in [1.165, 1.54) is 11.1 Å². The first-order valence-corrected chi connectivity index (χ1v) is 9.73. The van der Waals surface area contributed by atoms with Crippen LogP contribution >= 0.6 is 8.46 Å². The molecular formula is C22H27O2P. The first kappa shape index (κ1) is 19.5. The van der Waals surface area contributed by atoms with Crippen LogP contribution in [0.3, 0.4) is 0 Å². The quantitative estimate of drug-likeness (QED) is 0.457. The molecule has 0 saturated carbocycles. The van der Waals surface area contributed by atoms with Crippen molar-refractivity contribution in [3.63, 3.8) is 0 Å². The molecule has 0 spiro atoms. The summed E-state index contributed by atoms with van der Waals surface area (Å²) in [6, 6.07) is 11.1. The minimum absolute atomic E-state index is 0.0240. The van der Waals surface area contributed by atoms with E-state index in [2.05, 4.69) is 47.6 Å². The van der Waals surface area contributed by atoms with Crippen LogP contribution in [-0.4, -0.2) is 5.78 Å². The molecule has 2 nitrogen and oxygen atoms in total. The normalized spacial score (nSPS) is 11.7. The van der Waals surface area contributed by atoms with Gasteiger partial charge in [-0.2, -0.15) is 0 Å². The van der Waals surface area contributed by atoms with Gasteiger partial charge in [-0.05, 0) is 58.7 Å². The molecule has 2 aromatic carbocycles. The summed E-state index contributed by atoms with van der Waals surface area (Å²) in [6.45, 7) is 13.1. The van der Waals surface area contributed by atoms with Gasteiger partial charge in [-0.15, -0.1) is 0 Å². The zero-order valence-corrected chi connectivity index (χ0v) is 16.9. The third kappa shape index (κ3) is 4.07. The predicted octanol–water partition coefficient (Wildman–Crippen LogP) is 6.20. The highest BCUT2D eigenvalue weighted by atomic mass is 31.1. The molecule has 0 N–H and O–H groups in total. The van der Waals surface area contributed by atoms with Gasteiger partial charge < -0.3 is 0 Å². The molecule has 0 bridgehead atoms. The zero-order valence-electron chi connectivity index (χ0n) is 16.0. The van der Waals surface area contributed by atoms with Crippen LogP contribution in [0, 0.1) is 0 Å². The van der Waals surface area contributed by atoms with E-state index in [0.29, 0.717) is 22.7 Å². The van der Waals surface area contributed by atoms with Crippen molar-refractivity contribution in [2.75, 3.05) is 0 Å². The Labute approximate surface area is 152 Å². The van der Waals surface area contributed by atoms with Crippen LogP contribution in [0.25, 0.3) is 0 Å². The van der Waals surface area contributed by atoms with Crippen molar-refractivity contribution in [1.82, 2.24) is 0 Å². The van der Waals surface area contributed by atoms with Crippen molar-refractivity contribution < 1.29 is 9.36 Å². The van der Waals surface area contributed by atoms with E-state index in [4.69, 9.17) is 0 Å². The highest BCUT2D eigenvalue weighted by Crippen LogP contribution is 2.36. The third-order valence-electron chi connectivity index (χ3n) is 4.58. The second kappa shape index (κ2) is 8.06. The van der Waals surface area contributed by atoms with Gasteiger partial charge in [0.15, 0.2) is 14.2 Å². The fourth-order valence-corrected chi connectivity index (χ4v) is 3.72. The molecule has 2 rings (SSSR count). The Kier molecular flexibility index (Phi) is 6.30. The minimum Gasteiger partial charge on any atom is -0.289 e. The lowest BCUT2D eigenvalue weighted by molar-refractivity contribution is 0.103. The monoisotopic (exact) mass is 354 g/mol. The van der Waals surface area contributed by atoms with E-state index in [1.54, 1.807) is 24.3 Å². The molecule has 0 saturated heterocycles. The zero-order chi connectivity index (χ0) is 18.7. The maximum atomic E-state index is 13.1. The molecular weight excluding hydrogens is 327 g/mol. The molecule has 0 atom stereocenters. The van der Waals surface area contributed by atoms with E-state index >= 15 is 0 Å². The molecule has 0 radical (unpaired) electrons. The molecule has 0 aromatic heterocycles. The lowest BCUT2D eigenvalue weighted by Crippen LogP contribution is -2.13. The second-order valence-electron chi connectivity index (χ2n) is 7.46. The number of carbonyl (C=O) groups is 1. The first-order chi connectivity index (χ1) is 11.8. The molecule has 0 fully saturated rings. The van der Waals surface area contributed by atoms with Crippen molar-refractivity contribution in [3.8, 4) is 0 Å². The number of hydrogen-bond donors (Lipinski definition) is 0. The Morgan fingerprint density at radius 2 is 1.32 bits per heavy atom. The maximum Gasteiger partial charge on any atom is 0.193 e. The van der Waals surface area contributed by atoms with Crippen molar-refractivity contribution in [2.45, 2.75) is 59.3 Å². The standard InChI is InChI=1S/C22H27O2P/c1-13(2)18-11-12-19(21(15(5)6)20(18)14(3)4)22(23)16-7-9-17(25-24)10-8-16/h7-15H,1-6H3. The van der Waals surface area contributed by atoms with Crippen LogP contribution < -0.4 is 5.30 Å². The van der Waals surface area contributed by atoms with Crippen molar-refractivity contribution >= 4 is 19.5 Å². The Balaban J connectivity index is 2.65. The maximum absolute atomic E-state index is 13.1. The summed E-state index contributed by atoms with van der Waals surface area (Å²) in [6.07, 6.45) is 0. The molecule has 132 valence electrons. The number of hydrogen-bond acceptors (Lipinski definition) is 2. The summed E-state index contributed by atoms with van der Waals surface area (Å²) in [5, 5.41) is 0.679. The van der Waals surface area contributed by atoms with Gasteiger partial charge in [0.2, 0.25) is 0 Å². The number of benzene rings is 2. The molecule has 25 heavy (non-hydrogen) atoms. The van der Waals surface area contributed by atoms with Gasteiger partial charge >= 0.3 is 0 Å². The van der Waals surface area contributed by atoms with Crippen molar-refractivity contribution in [3.05, 3.63) is 64.2 Å². The summed E-state index contributed by atoms with van der Waals surface area (Å²) < 4.78 is 10.9. The Morgan fingerprint density at radius 1 is 0.760 bits per heavy atom. The molecule has 0 heterocycles. The van der Waals surface area contributed by atoms with Crippen LogP contribution in [0.5, 0.6) is 0 Å². The Hall–Kier alpha value is -1.79. The molecule has 3 heteroatoms. The first-order valence-electron chi connectivity index (χ1n) is 8.92. The van der Waals surface area contributed by atoms with Crippen molar-refractivity contribution in [1.29, 1.82) is 0 Å². The highest BCUT2D eigenvalue weighted by molar-refractivity contribution is 7.34. The average Bonchev–Trinajstić information content (AvgIpc) is 2.59. The largest absolute Gasteiger partial charge is 0.289 e. The fourth-order valence-electron chi connectivity index (χ4n) is 3.45. The van der Waals surface area contributed by atoms with E-state index in [9.17, 15) is 9.36 Å². The molecule has 0 aliphatic rings. The average molecular weight is 354 g/mol. The van der Waals surface area contributed by atoms with E-state index in [1.807, 2.05) is 6.07 Å². The van der Waals surface area contributed by atoms with Crippen LogP contribution in [0.2, 0.25) is 0 Å². The second-order valence-corrected chi connectivity index (χ2v) is 8.16. The number of rotatable bonds is 6. The molecule has 0 aliphatic carbocycles. The van der Waals surface area contributed by atoms with Gasteiger partial charge in [0.05, 0.1) is 0 Å². The lowest BCUT2D eigenvalue weighted by Gasteiger charge is -2.25. The van der Waals surface area contributed by atoms with E-state index in [-0.39, 0.29) is 20.2 Å². The van der Waals surface area contributed by atoms with Crippen LogP contribution in [-0.2, 0) is 4.57 Å². The Bertz CT molecular complexity index is 771. The number of carbonyl (C=O) groups excluding carboxylic acids is 1. The summed E-state index contributed by atoms with van der Waals surface area (Å²) in [4.78, 5) is 13.1. The summed E-state index contributed by atoms with van der Waals surface area (Å²) >= 11 is 0. The van der Waals surface area contributed by atoms with Crippen molar-refractivity contribution in [2.24, 2.45) is 0 Å². The van der Waals surface area contributed by atoms with Gasteiger partial charge in [-0.3, -0.25) is 9.36 Å². The van der Waals surface area contributed by atoms with Crippen LogP contribution in [0.15, 0.2) is 36.4 Å². The highest BCUT2D eigenvalue weighted by Gasteiger charge is 2.23. The van der Waals surface area contributed by atoms with E-state index < -0.39 is 0 Å². The smallest absolute Gasteiger partial charge is 0.193 e. The third-order valence-corrected chi connectivity index (χ3v) is 5.09. The lowest BCUT2D eigenvalue weighted by atomic mass is 9.79. The van der Waals surface area contributed by atoms with Gasteiger partial charge in [-0.1, -0.05) is 53.7 Å². The topological polar surface area (TPSA) is 34.1 Å².